The van der Waals surface area contributed by atoms with Crippen LogP contribution >= 0.6 is 0 Å². The molecular weight excluding hydrogens is 371 g/mol. The van der Waals surface area contributed by atoms with Crippen LogP contribution in [0.1, 0.15) is 30.7 Å². The summed E-state index contributed by atoms with van der Waals surface area (Å²) >= 11 is 0. The molecular formula is C22H23FN4O2. The van der Waals surface area contributed by atoms with Gasteiger partial charge in [0.1, 0.15) is 11.6 Å². The van der Waals surface area contributed by atoms with Gasteiger partial charge in [-0.3, -0.25) is 4.79 Å². The SMILES string of the molecule is O=C(CCc1ncc(-c2ccc(F)cc2)o1)NCc1ccc(N2CCCC2)nc1. The molecule has 0 unspecified atom stereocenters. The molecule has 0 atom stereocenters. The lowest BCUT2D eigenvalue weighted by atomic mass is 10.2. The first-order valence-electron chi connectivity index (χ1n) is 9.84. The number of carbonyl (C=O) groups is 1. The highest BCUT2D eigenvalue weighted by molar-refractivity contribution is 5.76. The van der Waals surface area contributed by atoms with Crippen molar-refractivity contribution >= 4 is 11.7 Å². The largest absolute Gasteiger partial charge is 0.441 e. The van der Waals surface area contributed by atoms with Crippen molar-refractivity contribution < 1.29 is 13.6 Å². The number of amides is 1. The molecule has 6 nitrogen and oxygen atoms in total. The highest BCUT2D eigenvalue weighted by Crippen LogP contribution is 2.21. The monoisotopic (exact) mass is 394 g/mol. The van der Waals surface area contributed by atoms with E-state index in [2.05, 4.69) is 20.2 Å². The molecule has 0 radical (unpaired) electrons. The van der Waals surface area contributed by atoms with Gasteiger partial charge in [-0.1, -0.05) is 6.07 Å². The molecule has 1 N–H and O–H groups in total. The molecule has 0 saturated carbocycles. The van der Waals surface area contributed by atoms with Crippen LogP contribution in [-0.4, -0.2) is 29.0 Å². The summed E-state index contributed by atoms with van der Waals surface area (Å²) in [5, 5.41) is 2.90. The standard InChI is InChI=1S/C22H23FN4O2/c23-18-6-4-17(5-7-18)19-15-26-22(29-19)10-9-21(28)25-14-16-3-8-20(24-13-16)27-11-1-2-12-27/h3-8,13,15H,1-2,9-12,14H2,(H,25,28). The fourth-order valence-electron chi connectivity index (χ4n) is 3.34. The zero-order valence-electron chi connectivity index (χ0n) is 16.1. The van der Waals surface area contributed by atoms with Gasteiger partial charge in [-0.25, -0.2) is 14.4 Å². The van der Waals surface area contributed by atoms with Gasteiger partial charge in [0, 0.05) is 44.2 Å². The van der Waals surface area contributed by atoms with E-state index < -0.39 is 0 Å². The molecule has 0 spiro atoms. The van der Waals surface area contributed by atoms with Gasteiger partial charge in [-0.05, 0) is 48.7 Å². The third-order valence-corrected chi connectivity index (χ3v) is 4.98. The van der Waals surface area contributed by atoms with E-state index in [0.717, 1.165) is 30.0 Å². The Morgan fingerprint density at radius 2 is 1.86 bits per heavy atom. The smallest absolute Gasteiger partial charge is 0.220 e. The number of aryl methyl sites for hydroxylation is 1. The third kappa shape index (κ3) is 4.99. The quantitative estimate of drug-likeness (QED) is 0.661. The zero-order chi connectivity index (χ0) is 20.1. The van der Waals surface area contributed by atoms with Crippen LogP contribution in [0.3, 0.4) is 0 Å². The average Bonchev–Trinajstić information content (AvgIpc) is 3.44. The molecule has 3 aromatic rings. The molecule has 1 aromatic carbocycles. The molecule has 1 amide bonds. The van der Waals surface area contributed by atoms with Crippen LogP contribution in [0.15, 0.2) is 53.2 Å². The van der Waals surface area contributed by atoms with Crippen molar-refractivity contribution in [2.75, 3.05) is 18.0 Å². The van der Waals surface area contributed by atoms with Gasteiger partial charge in [0.25, 0.3) is 0 Å². The van der Waals surface area contributed by atoms with Crippen molar-refractivity contribution in [3.8, 4) is 11.3 Å². The third-order valence-electron chi connectivity index (χ3n) is 4.98. The highest BCUT2D eigenvalue weighted by Gasteiger charge is 2.13. The maximum atomic E-state index is 13.0. The minimum absolute atomic E-state index is 0.0739. The van der Waals surface area contributed by atoms with E-state index in [0.29, 0.717) is 24.6 Å². The summed E-state index contributed by atoms with van der Waals surface area (Å²) in [5.74, 6) is 1.67. The summed E-state index contributed by atoms with van der Waals surface area (Å²) in [5.41, 5.74) is 1.72. The van der Waals surface area contributed by atoms with E-state index in [9.17, 15) is 9.18 Å². The number of nitrogens with zero attached hydrogens (tertiary/aromatic N) is 3. The number of rotatable bonds is 7. The number of benzene rings is 1. The van der Waals surface area contributed by atoms with Crippen molar-refractivity contribution in [3.63, 3.8) is 0 Å². The molecule has 2 aromatic heterocycles. The normalized spacial score (nSPS) is 13.6. The van der Waals surface area contributed by atoms with Crippen LogP contribution in [0.2, 0.25) is 0 Å². The molecule has 1 aliphatic heterocycles. The van der Waals surface area contributed by atoms with E-state index in [1.165, 1.54) is 25.0 Å². The first kappa shape index (κ1) is 19.1. The molecule has 4 rings (SSSR count). The number of hydrogen-bond donors (Lipinski definition) is 1. The van der Waals surface area contributed by atoms with Gasteiger partial charge < -0.3 is 14.6 Å². The number of aromatic nitrogens is 2. The molecule has 0 bridgehead atoms. The maximum Gasteiger partial charge on any atom is 0.220 e. The summed E-state index contributed by atoms with van der Waals surface area (Å²) in [4.78, 5) is 23.1. The summed E-state index contributed by atoms with van der Waals surface area (Å²) in [6, 6.07) is 10.0. The summed E-state index contributed by atoms with van der Waals surface area (Å²) in [6.07, 6.45) is 6.53. The van der Waals surface area contributed by atoms with Crippen molar-refractivity contribution in [1.29, 1.82) is 0 Å². The minimum atomic E-state index is -0.300. The Bertz CT molecular complexity index is 948. The van der Waals surface area contributed by atoms with Gasteiger partial charge in [-0.15, -0.1) is 0 Å². The number of hydrogen-bond acceptors (Lipinski definition) is 5. The molecule has 1 aliphatic rings. The van der Waals surface area contributed by atoms with Crippen LogP contribution in [-0.2, 0) is 17.8 Å². The molecule has 1 saturated heterocycles. The molecule has 1 fully saturated rings. The first-order chi connectivity index (χ1) is 14.2. The van der Waals surface area contributed by atoms with Crippen molar-refractivity contribution in [2.45, 2.75) is 32.2 Å². The number of halogens is 1. The Morgan fingerprint density at radius 3 is 2.59 bits per heavy atom. The lowest BCUT2D eigenvalue weighted by Gasteiger charge is -2.16. The van der Waals surface area contributed by atoms with E-state index in [1.54, 1.807) is 18.3 Å². The van der Waals surface area contributed by atoms with Gasteiger partial charge in [0.05, 0.1) is 6.20 Å². The Morgan fingerprint density at radius 1 is 1.07 bits per heavy atom. The van der Waals surface area contributed by atoms with Crippen LogP contribution in [0.4, 0.5) is 10.2 Å². The van der Waals surface area contributed by atoms with E-state index in [1.807, 2.05) is 18.3 Å². The summed E-state index contributed by atoms with van der Waals surface area (Å²) in [6.45, 7) is 2.57. The number of carbonyl (C=O) groups excluding carboxylic acids is 1. The fraction of sp³-hybridized carbons (Fsp3) is 0.318. The maximum absolute atomic E-state index is 13.0. The Labute approximate surface area is 168 Å². The fourth-order valence-corrected chi connectivity index (χ4v) is 3.34. The number of pyridine rings is 1. The van der Waals surface area contributed by atoms with Crippen molar-refractivity contribution in [3.05, 3.63) is 66.1 Å². The summed E-state index contributed by atoms with van der Waals surface area (Å²) in [7, 11) is 0. The Kier molecular flexibility index (Phi) is 5.84. The molecule has 150 valence electrons. The Balaban J connectivity index is 1.23. The number of nitrogens with one attached hydrogen (secondary N) is 1. The average molecular weight is 394 g/mol. The van der Waals surface area contributed by atoms with Crippen LogP contribution in [0.5, 0.6) is 0 Å². The second-order valence-electron chi connectivity index (χ2n) is 7.12. The molecule has 29 heavy (non-hydrogen) atoms. The second-order valence-corrected chi connectivity index (χ2v) is 7.12. The van der Waals surface area contributed by atoms with Crippen LogP contribution < -0.4 is 10.2 Å². The molecule has 0 aliphatic carbocycles. The van der Waals surface area contributed by atoms with Crippen LogP contribution in [0, 0.1) is 5.82 Å². The Hall–Kier alpha value is -3.22. The predicted octanol–water partition coefficient (Wildman–Crippen LogP) is 3.72. The van der Waals surface area contributed by atoms with E-state index in [-0.39, 0.29) is 18.1 Å². The molecule has 3 heterocycles. The summed E-state index contributed by atoms with van der Waals surface area (Å²) < 4.78 is 18.7. The van der Waals surface area contributed by atoms with Crippen molar-refractivity contribution in [1.82, 2.24) is 15.3 Å². The van der Waals surface area contributed by atoms with Crippen molar-refractivity contribution in [2.24, 2.45) is 0 Å². The van der Waals surface area contributed by atoms with Gasteiger partial charge >= 0.3 is 0 Å². The number of oxazole rings is 1. The zero-order valence-corrected chi connectivity index (χ0v) is 16.1. The van der Waals surface area contributed by atoms with Gasteiger partial charge in [0.15, 0.2) is 11.7 Å². The van der Waals surface area contributed by atoms with E-state index >= 15 is 0 Å². The van der Waals surface area contributed by atoms with E-state index in [4.69, 9.17) is 4.42 Å². The lowest BCUT2D eigenvalue weighted by molar-refractivity contribution is -0.121. The highest BCUT2D eigenvalue weighted by atomic mass is 19.1. The van der Waals surface area contributed by atoms with Crippen LogP contribution in [0.25, 0.3) is 11.3 Å². The topological polar surface area (TPSA) is 71.3 Å². The first-order valence-corrected chi connectivity index (χ1v) is 9.84. The molecule has 7 heteroatoms. The second kappa shape index (κ2) is 8.86. The number of anilines is 1. The van der Waals surface area contributed by atoms with Gasteiger partial charge in [0.2, 0.25) is 5.91 Å². The van der Waals surface area contributed by atoms with Gasteiger partial charge in [-0.2, -0.15) is 0 Å². The predicted molar refractivity (Wildman–Crippen MR) is 108 cm³/mol. The minimum Gasteiger partial charge on any atom is -0.441 e. The lowest BCUT2D eigenvalue weighted by Crippen LogP contribution is -2.23.